The van der Waals surface area contributed by atoms with Crippen LogP contribution in [0.1, 0.15) is 69.0 Å². The fourth-order valence-electron chi connectivity index (χ4n) is 3.09. The van der Waals surface area contributed by atoms with Gasteiger partial charge in [0.1, 0.15) is 5.69 Å². The molecular weight excluding hydrogens is 263 g/mol. The number of hydrogen-bond acceptors (Lipinski definition) is 1. The van der Waals surface area contributed by atoms with Crippen molar-refractivity contribution >= 4 is 0 Å². The topological polar surface area (TPSA) is 12.9 Å². The molecular formula is C16H22F3N. The lowest BCUT2D eigenvalue weighted by Crippen LogP contribution is -2.14. The smallest absolute Gasteiger partial charge is 0.251 e. The first-order chi connectivity index (χ1) is 9.50. The van der Waals surface area contributed by atoms with Gasteiger partial charge < -0.3 is 0 Å². The number of nitrogens with zero attached hydrogens (tertiary/aromatic N) is 1. The molecule has 0 atom stereocenters. The van der Waals surface area contributed by atoms with Crippen molar-refractivity contribution in [2.75, 3.05) is 0 Å². The van der Waals surface area contributed by atoms with Crippen molar-refractivity contribution in [2.24, 2.45) is 5.92 Å². The lowest BCUT2D eigenvalue weighted by Gasteiger charge is -2.28. The van der Waals surface area contributed by atoms with Crippen molar-refractivity contribution in [3.8, 4) is 0 Å². The Labute approximate surface area is 118 Å². The second kappa shape index (κ2) is 6.59. The minimum atomic E-state index is -4.34. The fourth-order valence-corrected chi connectivity index (χ4v) is 3.09. The molecule has 0 unspecified atom stereocenters. The number of aromatic nitrogens is 1. The quantitative estimate of drug-likeness (QED) is 0.705. The number of alkyl halides is 3. The van der Waals surface area contributed by atoms with Gasteiger partial charge in [0.2, 0.25) is 0 Å². The zero-order chi connectivity index (χ0) is 14.6. The maximum Gasteiger partial charge on any atom is 0.433 e. The van der Waals surface area contributed by atoms with Gasteiger partial charge in [0.15, 0.2) is 0 Å². The minimum Gasteiger partial charge on any atom is -0.251 e. The third kappa shape index (κ3) is 3.97. The van der Waals surface area contributed by atoms with Gasteiger partial charge in [-0.3, -0.25) is 4.98 Å². The molecule has 20 heavy (non-hydrogen) atoms. The molecule has 1 aromatic heterocycles. The number of halogens is 3. The van der Waals surface area contributed by atoms with Crippen molar-refractivity contribution < 1.29 is 13.2 Å². The lowest BCUT2D eigenvalue weighted by atomic mass is 9.77. The molecule has 0 bridgehead atoms. The number of pyridine rings is 1. The molecule has 0 radical (unpaired) electrons. The molecule has 0 spiro atoms. The van der Waals surface area contributed by atoms with E-state index in [-0.39, 0.29) is 0 Å². The molecule has 2 rings (SSSR count). The standard InChI is InChI=1S/C16H22F3N/c1-2-3-4-12-5-7-13(8-6-12)14-9-10-15(20-11-14)16(17,18)19/h9-13H,2-8H2,1H3/t12-,13-. The summed E-state index contributed by atoms with van der Waals surface area (Å²) in [7, 11) is 0. The van der Waals surface area contributed by atoms with Gasteiger partial charge in [-0.05, 0) is 49.1 Å². The molecule has 1 aromatic rings. The van der Waals surface area contributed by atoms with E-state index in [0.29, 0.717) is 5.92 Å². The molecule has 1 saturated carbocycles. The van der Waals surface area contributed by atoms with Crippen molar-refractivity contribution in [3.05, 3.63) is 29.6 Å². The van der Waals surface area contributed by atoms with Crippen LogP contribution in [0.25, 0.3) is 0 Å². The molecule has 112 valence electrons. The van der Waals surface area contributed by atoms with Gasteiger partial charge in [-0.25, -0.2) is 0 Å². The molecule has 0 saturated heterocycles. The summed E-state index contributed by atoms with van der Waals surface area (Å²) in [6.45, 7) is 2.21. The average molecular weight is 285 g/mol. The minimum absolute atomic E-state index is 0.391. The van der Waals surface area contributed by atoms with Crippen LogP contribution in [0.5, 0.6) is 0 Å². The van der Waals surface area contributed by atoms with Gasteiger partial charge in [-0.1, -0.05) is 32.3 Å². The fraction of sp³-hybridized carbons (Fsp3) is 0.688. The SMILES string of the molecule is CCCC[C@H]1CC[C@H](c2ccc(C(F)(F)F)nc2)CC1. The van der Waals surface area contributed by atoms with Gasteiger partial charge in [0.05, 0.1) is 0 Å². The molecule has 0 aromatic carbocycles. The van der Waals surface area contributed by atoms with E-state index in [1.165, 1.54) is 38.3 Å². The van der Waals surface area contributed by atoms with Crippen molar-refractivity contribution in [1.29, 1.82) is 0 Å². The molecule has 0 aliphatic heterocycles. The van der Waals surface area contributed by atoms with Gasteiger partial charge in [-0.2, -0.15) is 13.2 Å². The largest absolute Gasteiger partial charge is 0.433 e. The first-order valence-electron chi connectivity index (χ1n) is 7.54. The molecule has 1 aliphatic rings. The van der Waals surface area contributed by atoms with Gasteiger partial charge in [0.25, 0.3) is 0 Å². The number of unbranched alkanes of at least 4 members (excludes halogenated alkanes) is 1. The van der Waals surface area contributed by atoms with Crippen LogP contribution in [0.3, 0.4) is 0 Å². The summed E-state index contributed by atoms with van der Waals surface area (Å²) in [6.07, 6.45) is 5.48. The molecule has 1 aliphatic carbocycles. The van der Waals surface area contributed by atoms with Gasteiger partial charge >= 0.3 is 6.18 Å². The van der Waals surface area contributed by atoms with Crippen LogP contribution in [0.2, 0.25) is 0 Å². The summed E-state index contributed by atoms with van der Waals surface area (Å²) in [5, 5.41) is 0. The molecule has 1 heterocycles. The van der Waals surface area contributed by atoms with E-state index >= 15 is 0 Å². The molecule has 1 nitrogen and oxygen atoms in total. The second-order valence-corrected chi connectivity index (χ2v) is 5.83. The normalized spacial score (nSPS) is 23.8. The highest BCUT2D eigenvalue weighted by Crippen LogP contribution is 2.38. The molecule has 0 amide bonds. The van der Waals surface area contributed by atoms with Crippen LogP contribution >= 0.6 is 0 Å². The summed E-state index contributed by atoms with van der Waals surface area (Å²) >= 11 is 0. The summed E-state index contributed by atoms with van der Waals surface area (Å²) in [5.74, 6) is 1.20. The van der Waals surface area contributed by atoms with Crippen LogP contribution in [0.15, 0.2) is 18.3 Å². The third-order valence-corrected chi connectivity index (χ3v) is 4.36. The lowest BCUT2D eigenvalue weighted by molar-refractivity contribution is -0.141. The monoisotopic (exact) mass is 285 g/mol. The number of rotatable bonds is 4. The van der Waals surface area contributed by atoms with Crippen molar-refractivity contribution in [1.82, 2.24) is 4.98 Å². The van der Waals surface area contributed by atoms with Gasteiger partial charge in [0, 0.05) is 6.20 Å². The van der Waals surface area contributed by atoms with Crippen LogP contribution in [0, 0.1) is 5.92 Å². The Morgan fingerprint density at radius 3 is 2.35 bits per heavy atom. The summed E-state index contributed by atoms with van der Waals surface area (Å²) < 4.78 is 37.4. The highest BCUT2D eigenvalue weighted by atomic mass is 19.4. The maximum atomic E-state index is 12.5. The Morgan fingerprint density at radius 2 is 1.85 bits per heavy atom. The molecule has 4 heteroatoms. The Morgan fingerprint density at radius 1 is 1.15 bits per heavy atom. The van der Waals surface area contributed by atoms with Crippen LogP contribution in [-0.4, -0.2) is 4.98 Å². The Kier molecular flexibility index (Phi) is 5.06. The first-order valence-corrected chi connectivity index (χ1v) is 7.54. The Balaban J connectivity index is 1.90. The average Bonchev–Trinajstić information content (AvgIpc) is 2.45. The van der Waals surface area contributed by atoms with Crippen molar-refractivity contribution in [2.45, 2.75) is 64.0 Å². The first kappa shape index (κ1) is 15.3. The highest BCUT2D eigenvalue weighted by molar-refractivity contribution is 5.20. The van der Waals surface area contributed by atoms with Crippen LogP contribution in [-0.2, 0) is 6.18 Å². The molecule has 1 fully saturated rings. The Bertz CT molecular complexity index is 403. The Hall–Kier alpha value is -1.06. The van der Waals surface area contributed by atoms with E-state index in [1.807, 2.05) is 0 Å². The van der Waals surface area contributed by atoms with Crippen LogP contribution < -0.4 is 0 Å². The summed E-state index contributed by atoms with van der Waals surface area (Å²) in [6, 6.07) is 2.71. The van der Waals surface area contributed by atoms with E-state index in [1.54, 1.807) is 6.07 Å². The maximum absolute atomic E-state index is 12.5. The third-order valence-electron chi connectivity index (χ3n) is 4.36. The van der Waals surface area contributed by atoms with Crippen molar-refractivity contribution in [3.63, 3.8) is 0 Å². The van der Waals surface area contributed by atoms with E-state index in [0.717, 1.165) is 30.4 Å². The van der Waals surface area contributed by atoms with E-state index in [9.17, 15) is 13.2 Å². The zero-order valence-corrected chi connectivity index (χ0v) is 11.9. The number of hydrogen-bond donors (Lipinski definition) is 0. The van der Waals surface area contributed by atoms with E-state index in [4.69, 9.17) is 0 Å². The summed E-state index contributed by atoms with van der Waals surface area (Å²) in [4.78, 5) is 3.57. The summed E-state index contributed by atoms with van der Waals surface area (Å²) in [5.41, 5.74) is 0.171. The predicted octanol–water partition coefficient (Wildman–Crippen LogP) is 5.56. The highest BCUT2D eigenvalue weighted by Gasteiger charge is 2.32. The van der Waals surface area contributed by atoms with Crippen LogP contribution in [0.4, 0.5) is 13.2 Å². The van der Waals surface area contributed by atoms with E-state index < -0.39 is 11.9 Å². The van der Waals surface area contributed by atoms with Gasteiger partial charge in [-0.15, -0.1) is 0 Å². The van der Waals surface area contributed by atoms with E-state index in [2.05, 4.69) is 11.9 Å². The predicted molar refractivity (Wildman–Crippen MR) is 73.5 cm³/mol. The molecule has 0 N–H and O–H groups in total. The zero-order valence-electron chi connectivity index (χ0n) is 11.9. The second-order valence-electron chi connectivity index (χ2n) is 5.83.